The molecule has 0 aromatic heterocycles. The van der Waals surface area contributed by atoms with Crippen molar-refractivity contribution < 1.29 is 43.2 Å². The molecule has 45 heavy (non-hydrogen) atoms. The third kappa shape index (κ3) is 7.81. The Morgan fingerprint density at radius 1 is 1.24 bits per heavy atom. The average Bonchev–Trinajstić information content (AvgIpc) is 3.78. The number of nitrogens with one attached hydrogen (secondary N) is 1. The lowest BCUT2D eigenvalue weighted by Gasteiger charge is -2.41. The summed E-state index contributed by atoms with van der Waals surface area (Å²) in [5.74, 6) is -0.881. The number of allylic oxidation sites excluding steroid dienone is 3. The summed E-state index contributed by atoms with van der Waals surface area (Å²) in [6, 6.07) is 3.06. The Morgan fingerprint density at radius 2 is 1.96 bits per heavy atom. The lowest BCUT2D eigenvalue weighted by molar-refractivity contribution is -0.156. The van der Waals surface area contributed by atoms with E-state index in [0.717, 1.165) is 11.1 Å². The molecule has 8 atom stereocenters. The Balaban J connectivity index is 1.76. The molecule has 0 spiro atoms. The Bertz CT molecular complexity index is 1350. The zero-order chi connectivity index (χ0) is 33.2. The molecule has 1 aromatic carbocycles. The second-order valence-corrected chi connectivity index (χ2v) is 12.6. The van der Waals surface area contributed by atoms with Crippen molar-refractivity contribution in [3.8, 4) is 5.75 Å². The van der Waals surface area contributed by atoms with Crippen molar-refractivity contribution in [1.29, 1.82) is 0 Å². The van der Waals surface area contributed by atoms with E-state index in [9.17, 15) is 19.5 Å². The minimum Gasteiger partial charge on any atom is -0.495 e. The molecule has 8 unspecified atom stereocenters. The summed E-state index contributed by atoms with van der Waals surface area (Å²) in [5.41, 5.74) is 0.476. The first-order valence-electron chi connectivity index (χ1n) is 14.9. The Kier molecular flexibility index (Phi) is 10.9. The number of hydrogen-bond donors (Lipinski definition) is 2. The van der Waals surface area contributed by atoms with Crippen molar-refractivity contribution in [3.63, 3.8) is 0 Å². The number of carbonyl (C=O) groups excluding carboxylic acids is 3. The number of epoxide rings is 1. The predicted octanol–water partition coefficient (Wildman–Crippen LogP) is 3.23. The molecule has 0 aliphatic carbocycles. The van der Waals surface area contributed by atoms with Gasteiger partial charge in [-0.1, -0.05) is 42.3 Å². The molecule has 2 fully saturated rings. The van der Waals surface area contributed by atoms with Crippen molar-refractivity contribution in [3.05, 3.63) is 46.5 Å². The van der Waals surface area contributed by atoms with Gasteiger partial charge >= 0.3 is 12.1 Å². The maximum Gasteiger partial charge on any atom is 0.409 e. The highest BCUT2D eigenvalue weighted by Gasteiger charge is 2.56. The standard InChI is InChI=1S/C32H44ClN3O9/c1-17-10-9-11-25(42-8)32(40)16-24(44-31(39)34-32)18(2)28-29(45-28)23(43-30(38)19(3)35(4)5)15-26(37)36(6)21-13-20(12-17)14-22(41-7)27(21)33/h9-11,13-14,18-19,23-25,28-29,40H,12,15-16H2,1-8H3,(H,34,39)/b11-9+,17-10+. The first kappa shape index (κ1) is 34.7. The molecule has 2 amide bonds. The quantitative estimate of drug-likeness (QED) is 0.361. The zero-order valence-corrected chi connectivity index (χ0v) is 27.8. The van der Waals surface area contributed by atoms with E-state index in [1.807, 2.05) is 32.1 Å². The van der Waals surface area contributed by atoms with Crippen LogP contribution in [0.1, 0.15) is 39.2 Å². The number of carbonyl (C=O) groups is 3. The SMILES string of the molecule is COc1cc2cc(c1Cl)N(C)C(=O)CC(OC(=O)C(C)N(C)C)C1OC1C(C)C1CC(O)(NC(=O)O1)C(OC)/C=C/C=C(\C)C2. The van der Waals surface area contributed by atoms with Gasteiger partial charge in [0.05, 0.1) is 25.3 Å². The highest BCUT2D eigenvalue weighted by molar-refractivity contribution is 6.35. The second kappa shape index (κ2) is 14.1. The number of amides is 2. The lowest BCUT2D eigenvalue weighted by Crippen LogP contribution is -2.63. The number of fused-ring (bicyclic) bond motifs is 5. The third-order valence-electron chi connectivity index (χ3n) is 8.79. The summed E-state index contributed by atoms with van der Waals surface area (Å²) in [7, 11) is 8.07. The number of likely N-dealkylation sites (N-methyl/N-ethyl adjacent to an activating group) is 1. The molecular formula is C32H44ClN3O9. The van der Waals surface area contributed by atoms with Crippen LogP contribution in [-0.2, 0) is 35.0 Å². The van der Waals surface area contributed by atoms with Crippen LogP contribution >= 0.6 is 11.6 Å². The third-order valence-corrected chi connectivity index (χ3v) is 9.17. The van der Waals surface area contributed by atoms with Gasteiger partial charge in [0.1, 0.15) is 41.2 Å². The maximum atomic E-state index is 13.8. The summed E-state index contributed by atoms with van der Waals surface area (Å²) < 4.78 is 28.6. The molecule has 248 valence electrons. The van der Waals surface area contributed by atoms with Gasteiger partial charge in [-0.15, -0.1) is 0 Å². The summed E-state index contributed by atoms with van der Waals surface area (Å²) in [5, 5.41) is 14.3. The van der Waals surface area contributed by atoms with Crippen LogP contribution in [-0.4, -0.2) is 106 Å². The molecule has 3 heterocycles. The number of alkyl carbamates (subject to hydrolysis) is 1. The van der Waals surface area contributed by atoms with Gasteiger partial charge in [0.15, 0.2) is 5.72 Å². The maximum absolute atomic E-state index is 13.8. The largest absolute Gasteiger partial charge is 0.495 e. The van der Waals surface area contributed by atoms with E-state index in [4.69, 9.17) is 35.3 Å². The summed E-state index contributed by atoms with van der Waals surface area (Å²) >= 11 is 6.68. The van der Waals surface area contributed by atoms with E-state index < -0.39 is 60.3 Å². The Morgan fingerprint density at radius 3 is 2.60 bits per heavy atom. The fraction of sp³-hybridized carbons (Fsp3) is 0.594. The number of methoxy groups -OCH3 is 2. The minimum absolute atomic E-state index is 0.00590. The van der Waals surface area contributed by atoms with E-state index in [1.54, 1.807) is 45.1 Å². The fourth-order valence-electron chi connectivity index (χ4n) is 5.69. The second-order valence-electron chi connectivity index (χ2n) is 12.3. The van der Waals surface area contributed by atoms with Crippen molar-refractivity contribution >= 4 is 35.3 Å². The van der Waals surface area contributed by atoms with Crippen molar-refractivity contribution in [2.75, 3.05) is 40.3 Å². The molecule has 2 saturated heterocycles. The van der Waals surface area contributed by atoms with Gasteiger partial charge in [-0.05, 0) is 52.1 Å². The van der Waals surface area contributed by atoms with Crippen molar-refractivity contribution in [2.45, 2.75) is 82.3 Å². The molecule has 3 aliphatic heterocycles. The average molecular weight is 650 g/mol. The molecule has 4 rings (SSSR count). The molecule has 13 heteroatoms. The van der Waals surface area contributed by atoms with Gasteiger partial charge in [0, 0.05) is 26.5 Å². The van der Waals surface area contributed by atoms with Gasteiger partial charge in [0.2, 0.25) is 5.91 Å². The van der Waals surface area contributed by atoms with Crippen LogP contribution < -0.4 is 15.0 Å². The molecule has 0 radical (unpaired) electrons. The number of hydrogen-bond acceptors (Lipinski definition) is 10. The van der Waals surface area contributed by atoms with Crippen molar-refractivity contribution in [1.82, 2.24) is 10.2 Å². The lowest BCUT2D eigenvalue weighted by atomic mass is 9.87. The van der Waals surface area contributed by atoms with Gasteiger partial charge in [-0.25, -0.2) is 4.79 Å². The zero-order valence-electron chi connectivity index (χ0n) is 27.0. The Labute approximate surface area is 269 Å². The van der Waals surface area contributed by atoms with Crippen LogP contribution in [0.3, 0.4) is 0 Å². The number of halogens is 1. The summed E-state index contributed by atoms with van der Waals surface area (Å²) in [4.78, 5) is 42.6. The number of ether oxygens (including phenoxy) is 5. The highest BCUT2D eigenvalue weighted by atomic mass is 35.5. The first-order chi connectivity index (χ1) is 21.2. The van der Waals surface area contributed by atoms with Crippen LogP contribution in [0.2, 0.25) is 5.02 Å². The van der Waals surface area contributed by atoms with Gasteiger partial charge < -0.3 is 33.7 Å². The first-order valence-corrected chi connectivity index (χ1v) is 15.3. The van der Waals surface area contributed by atoms with Crippen LogP contribution in [0.25, 0.3) is 0 Å². The molecule has 3 aliphatic rings. The molecule has 0 saturated carbocycles. The summed E-state index contributed by atoms with van der Waals surface area (Å²) in [6.07, 6.45) is 1.05. The topological polar surface area (TPSA) is 139 Å². The van der Waals surface area contributed by atoms with Crippen LogP contribution in [0.5, 0.6) is 5.75 Å². The number of benzene rings is 1. The van der Waals surface area contributed by atoms with Crippen LogP contribution in [0.15, 0.2) is 35.9 Å². The summed E-state index contributed by atoms with van der Waals surface area (Å²) in [6.45, 7) is 5.47. The van der Waals surface area contributed by atoms with Crippen LogP contribution in [0, 0.1) is 5.92 Å². The monoisotopic (exact) mass is 649 g/mol. The number of rotatable bonds is 5. The van der Waals surface area contributed by atoms with Crippen LogP contribution in [0.4, 0.5) is 10.5 Å². The van der Waals surface area contributed by atoms with Gasteiger partial charge in [0.25, 0.3) is 0 Å². The highest BCUT2D eigenvalue weighted by Crippen LogP contribution is 2.41. The molecular weight excluding hydrogens is 606 g/mol. The van der Waals surface area contributed by atoms with E-state index >= 15 is 0 Å². The predicted molar refractivity (Wildman–Crippen MR) is 167 cm³/mol. The number of aliphatic hydroxyl groups is 1. The molecule has 4 bridgehead atoms. The van der Waals surface area contributed by atoms with E-state index in [0.29, 0.717) is 17.9 Å². The molecule has 12 nitrogen and oxygen atoms in total. The normalized spacial score (nSPS) is 33.2. The van der Waals surface area contributed by atoms with E-state index in [2.05, 4.69) is 5.32 Å². The Hall–Kier alpha value is -3.16. The molecule has 2 N–H and O–H groups in total. The van der Waals surface area contributed by atoms with E-state index in [-0.39, 0.29) is 23.8 Å². The number of anilines is 1. The van der Waals surface area contributed by atoms with E-state index in [1.165, 1.54) is 19.1 Å². The fourth-order valence-corrected chi connectivity index (χ4v) is 6.00. The number of esters is 1. The smallest absolute Gasteiger partial charge is 0.409 e. The van der Waals surface area contributed by atoms with Gasteiger partial charge in [-0.3, -0.25) is 19.8 Å². The van der Waals surface area contributed by atoms with Crippen molar-refractivity contribution in [2.24, 2.45) is 5.92 Å². The molecule has 1 aromatic rings. The minimum atomic E-state index is -1.77. The van der Waals surface area contributed by atoms with Gasteiger partial charge in [-0.2, -0.15) is 0 Å². The number of nitrogens with zero attached hydrogens (tertiary/aromatic N) is 2.